The number of benzene rings is 2. The number of nitrogens with one attached hydrogen (secondary N) is 2. The third kappa shape index (κ3) is 8.23. The topological polar surface area (TPSA) is 74.2 Å². The van der Waals surface area contributed by atoms with Crippen LogP contribution in [0.2, 0.25) is 0 Å². The first kappa shape index (κ1) is 26.4. The molecule has 0 aliphatic rings. The van der Waals surface area contributed by atoms with Gasteiger partial charge in [0.2, 0.25) is 5.91 Å². The van der Waals surface area contributed by atoms with Crippen molar-refractivity contribution < 1.29 is 18.7 Å². The van der Waals surface area contributed by atoms with E-state index in [0.29, 0.717) is 18.0 Å². The molecule has 1 heterocycles. The van der Waals surface area contributed by atoms with Gasteiger partial charge in [-0.3, -0.25) is 9.78 Å². The highest BCUT2D eigenvalue weighted by Crippen LogP contribution is 2.25. The van der Waals surface area contributed by atoms with Gasteiger partial charge in [0.15, 0.2) is 0 Å². The van der Waals surface area contributed by atoms with E-state index in [2.05, 4.69) is 47.7 Å². The highest BCUT2D eigenvalue weighted by Gasteiger charge is 2.21. The van der Waals surface area contributed by atoms with Crippen LogP contribution >= 0.6 is 0 Å². The molecule has 0 spiro atoms. The Hall–Kier alpha value is -3.16. The summed E-state index contributed by atoms with van der Waals surface area (Å²) in [6.07, 6.45) is 3.61. The SMILES string of the molecule is CC(=O)NC(Cc1cc(F)cc(F)c1)C(O)CNCc1cc(CC(C)C)ccc1-c1ccncc1. The van der Waals surface area contributed by atoms with Crippen LogP contribution in [0.4, 0.5) is 8.78 Å². The zero-order chi connectivity index (χ0) is 25.4. The van der Waals surface area contributed by atoms with Gasteiger partial charge in [-0.2, -0.15) is 0 Å². The third-order valence-electron chi connectivity index (χ3n) is 5.70. The number of halogens is 2. The summed E-state index contributed by atoms with van der Waals surface area (Å²) in [5.74, 6) is -1.19. The van der Waals surface area contributed by atoms with Crippen molar-refractivity contribution in [2.75, 3.05) is 6.54 Å². The van der Waals surface area contributed by atoms with Gasteiger partial charge < -0.3 is 15.7 Å². The van der Waals surface area contributed by atoms with Crippen molar-refractivity contribution in [2.45, 2.75) is 52.3 Å². The molecule has 186 valence electrons. The van der Waals surface area contributed by atoms with E-state index in [9.17, 15) is 18.7 Å². The van der Waals surface area contributed by atoms with E-state index in [1.807, 2.05) is 12.1 Å². The van der Waals surface area contributed by atoms with Crippen LogP contribution in [-0.4, -0.2) is 34.7 Å². The summed E-state index contributed by atoms with van der Waals surface area (Å²) in [5.41, 5.74) is 4.82. The van der Waals surface area contributed by atoms with Gasteiger partial charge >= 0.3 is 0 Å². The molecule has 1 aromatic heterocycles. The van der Waals surface area contributed by atoms with Gasteiger partial charge in [0.05, 0.1) is 12.1 Å². The second kappa shape index (κ2) is 12.5. The van der Waals surface area contributed by atoms with E-state index in [-0.39, 0.29) is 18.9 Å². The maximum Gasteiger partial charge on any atom is 0.217 e. The maximum absolute atomic E-state index is 13.6. The van der Waals surface area contributed by atoms with Crippen LogP contribution in [0.5, 0.6) is 0 Å². The lowest BCUT2D eigenvalue weighted by molar-refractivity contribution is -0.120. The van der Waals surface area contributed by atoms with E-state index in [1.165, 1.54) is 24.6 Å². The number of aromatic nitrogens is 1. The van der Waals surface area contributed by atoms with Crippen molar-refractivity contribution in [2.24, 2.45) is 5.92 Å². The van der Waals surface area contributed by atoms with Crippen molar-refractivity contribution in [1.29, 1.82) is 0 Å². The highest BCUT2D eigenvalue weighted by atomic mass is 19.1. The van der Waals surface area contributed by atoms with Gasteiger partial charge in [-0.25, -0.2) is 8.78 Å². The molecule has 7 heteroatoms. The van der Waals surface area contributed by atoms with Crippen LogP contribution in [0.15, 0.2) is 60.9 Å². The molecule has 0 saturated heterocycles. The van der Waals surface area contributed by atoms with E-state index < -0.39 is 23.8 Å². The molecule has 0 aliphatic carbocycles. The lowest BCUT2D eigenvalue weighted by Gasteiger charge is -2.24. The average Bonchev–Trinajstić information content (AvgIpc) is 2.78. The minimum Gasteiger partial charge on any atom is -0.390 e. The fraction of sp³-hybridized carbons (Fsp3) is 0.357. The molecule has 0 fully saturated rings. The lowest BCUT2D eigenvalue weighted by Crippen LogP contribution is -2.48. The van der Waals surface area contributed by atoms with Gasteiger partial charge in [0, 0.05) is 38.5 Å². The summed E-state index contributed by atoms with van der Waals surface area (Å²) in [5, 5.41) is 16.8. The summed E-state index contributed by atoms with van der Waals surface area (Å²) in [6, 6.07) is 12.9. The molecule has 5 nitrogen and oxygen atoms in total. The van der Waals surface area contributed by atoms with Crippen LogP contribution in [0.1, 0.15) is 37.5 Å². The summed E-state index contributed by atoms with van der Waals surface area (Å²) < 4.78 is 27.2. The maximum atomic E-state index is 13.6. The van der Waals surface area contributed by atoms with Crippen LogP contribution in [0, 0.1) is 17.6 Å². The van der Waals surface area contributed by atoms with Gasteiger partial charge in [-0.1, -0.05) is 32.0 Å². The van der Waals surface area contributed by atoms with Crippen LogP contribution < -0.4 is 10.6 Å². The van der Waals surface area contributed by atoms with Crippen LogP contribution in [0.25, 0.3) is 11.1 Å². The normalized spacial score (nSPS) is 13.0. The number of hydrogen-bond donors (Lipinski definition) is 3. The van der Waals surface area contributed by atoms with Crippen molar-refractivity contribution in [3.05, 3.63) is 89.2 Å². The number of aliphatic hydroxyl groups excluding tert-OH is 1. The molecule has 3 aromatic rings. The summed E-state index contributed by atoms with van der Waals surface area (Å²) in [7, 11) is 0. The molecule has 3 N–H and O–H groups in total. The monoisotopic (exact) mass is 481 g/mol. The Kier molecular flexibility index (Phi) is 9.46. The van der Waals surface area contributed by atoms with Gasteiger partial charge in [0.1, 0.15) is 11.6 Å². The van der Waals surface area contributed by atoms with Crippen molar-refractivity contribution >= 4 is 5.91 Å². The molecule has 0 radical (unpaired) electrons. The number of amides is 1. The van der Waals surface area contributed by atoms with Crippen LogP contribution in [0.3, 0.4) is 0 Å². The lowest BCUT2D eigenvalue weighted by atomic mass is 9.94. The summed E-state index contributed by atoms with van der Waals surface area (Å²) in [6.45, 7) is 6.39. The molecule has 0 saturated carbocycles. The zero-order valence-electron chi connectivity index (χ0n) is 20.4. The van der Waals surface area contributed by atoms with Gasteiger partial charge in [-0.05, 0) is 70.8 Å². The number of nitrogens with zero attached hydrogens (tertiary/aromatic N) is 1. The van der Waals surface area contributed by atoms with E-state index in [1.54, 1.807) is 12.4 Å². The Labute approximate surface area is 205 Å². The number of carbonyl (C=O) groups is 1. The zero-order valence-corrected chi connectivity index (χ0v) is 20.4. The summed E-state index contributed by atoms with van der Waals surface area (Å²) >= 11 is 0. The molecular formula is C28H33F2N3O2. The summed E-state index contributed by atoms with van der Waals surface area (Å²) in [4.78, 5) is 15.8. The second-order valence-corrected chi connectivity index (χ2v) is 9.31. The molecule has 0 aliphatic heterocycles. The predicted molar refractivity (Wildman–Crippen MR) is 134 cm³/mol. The quantitative estimate of drug-likeness (QED) is 0.379. The Morgan fingerprint density at radius 2 is 1.66 bits per heavy atom. The van der Waals surface area contributed by atoms with Gasteiger partial charge in [-0.15, -0.1) is 0 Å². The molecule has 0 bridgehead atoms. The van der Waals surface area contributed by atoms with Crippen molar-refractivity contribution in [3.63, 3.8) is 0 Å². The Morgan fingerprint density at radius 1 is 0.971 bits per heavy atom. The minimum absolute atomic E-state index is 0.100. The molecule has 2 unspecified atom stereocenters. The third-order valence-corrected chi connectivity index (χ3v) is 5.70. The van der Waals surface area contributed by atoms with Gasteiger partial charge in [0.25, 0.3) is 0 Å². The van der Waals surface area contributed by atoms with Crippen molar-refractivity contribution in [1.82, 2.24) is 15.6 Å². The number of pyridine rings is 1. The average molecular weight is 482 g/mol. The number of rotatable bonds is 11. The Bertz CT molecular complexity index is 1100. The molecule has 2 aromatic carbocycles. The fourth-order valence-electron chi connectivity index (χ4n) is 4.23. The Balaban J connectivity index is 1.73. The minimum atomic E-state index is -0.964. The fourth-order valence-corrected chi connectivity index (χ4v) is 4.23. The standard InChI is InChI=1S/C28H33F2N3O2/c1-18(2)10-20-4-5-26(22-6-8-31-9-7-22)23(11-20)16-32-17-28(35)27(33-19(3)34)14-21-12-24(29)15-25(30)13-21/h4-9,11-13,15,18,27-28,32,35H,10,14,16-17H2,1-3H3,(H,33,34). The molecule has 3 rings (SSSR count). The second-order valence-electron chi connectivity index (χ2n) is 9.31. The van der Waals surface area contributed by atoms with Crippen LogP contribution in [-0.2, 0) is 24.2 Å². The Morgan fingerprint density at radius 3 is 2.29 bits per heavy atom. The molecule has 1 amide bonds. The van der Waals surface area contributed by atoms with E-state index >= 15 is 0 Å². The highest BCUT2D eigenvalue weighted by molar-refractivity contribution is 5.73. The first-order valence-electron chi connectivity index (χ1n) is 11.8. The first-order chi connectivity index (χ1) is 16.7. The van der Waals surface area contributed by atoms with Crippen molar-refractivity contribution in [3.8, 4) is 11.1 Å². The number of hydrogen-bond acceptors (Lipinski definition) is 4. The molecular weight excluding hydrogens is 448 g/mol. The molecule has 2 atom stereocenters. The molecule has 35 heavy (non-hydrogen) atoms. The smallest absolute Gasteiger partial charge is 0.217 e. The number of aliphatic hydroxyl groups is 1. The largest absolute Gasteiger partial charge is 0.390 e. The number of carbonyl (C=O) groups excluding carboxylic acids is 1. The first-order valence-corrected chi connectivity index (χ1v) is 11.8. The predicted octanol–water partition coefficient (Wildman–Crippen LogP) is 4.42. The van der Waals surface area contributed by atoms with E-state index in [0.717, 1.165) is 29.2 Å². The van der Waals surface area contributed by atoms with E-state index in [4.69, 9.17) is 0 Å².